The van der Waals surface area contributed by atoms with E-state index in [0.717, 1.165) is 47.5 Å². The molecule has 0 fully saturated rings. The van der Waals surface area contributed by atoms with Crippen LogP contribution in [0.2, 0.25) is 5.02 Å². The van der Waals surface area contributed by atoms with E-state index in [2.05, 4.69) is 5.32 Å². The van der Waals surface area contributed by atoms with Crippen molar-refractivity contribution in [3.8, 4) is 11.5 Å². The zero-order chi connectivity index (χ0) is 14.8. The molecule has 0 radical (unpaired) electrons. The lowest BCUT2D eigenvalue weighted by atomic mass is 10.1. The van der Waals surface area contributed by atoms with E-state index >= 15 is 0 Å². The van der Waals surface area contributed by atoms with Gasteiger partial charge in [-0.05, 0) is 56.1 Å². The van der Waals surface area contributed by atoms with Crippen LogP contribution in [0.3, 0.4) is 0 Å². The van der Waals surface area contributed by atoms with Gasteiger partial charge in [0.15, 0.2) is 0 Å². The smallest absolute Gasteiger partial charge is 0.133 e. The number of nitrogens with one attached hydrogen (secondary N) is 1. The molecule has 0 amide bonds. The molecule has 3 rings (SSSR count). The first-order valence-corrected chi connectivity index (χ1v) is 7.48. The molecule has 1 N–H and O–H groups in total. The van der Waals surface area contributed by atoms with Crippen LogP contribution in [0.25, 0.3) is 0 Å². The molecule has 0 aromatic heterocycles. The molecule has 0 heterocycles. The van der Waals surface area contributed by atoms with Crippen LogP contribution in [0.4, 0.5) is 4.39 Å². The standard InChI is InChI=1S/C17H17ClFNO/c1-20-10-11-5-6-12(18)9-17(11)21-16-8-7-15(19)13-3-2-4-14(13)16/h5-9,20H,2-4,10H2,1H3. The summed E-state index contributed by atoms with van der Waals surface area (Å²) in [6.45, 7) is 0.690. The van der Waals surface area contributed by atoms with Gasteiger partial charge in [-0.2, -0.15) is 0 Å². The molecule has 2 aromatic carbocycles. The largest absolute Gasteiger partial charge is 0.457 e. The minimum atomic E-state index is -0.128. The van der Waals surface area contributed by atoms with E-state index < -0.39 is 0 Å². The Kier molecular flexibility index (Phi) is 4.13. The zero-order valence-electron chi connectivity index (χ0n) is 11.9. The number of fused-ring (bicyclic) bond motifs is 1. The second kappa shape index (κ2) is 6.04. The monoisotopic (exact) mass is 305 g/mol. The Balaban J connectivity index is 1.98. The Labute approximate surface area is 128 Å². The fraction of sp³-hybridized carbons (Fsp3) is 0.294. The SMILES string of the molecule is CNCc1ccc(Cl)cc1Oc1ccc(F)c2c1CCC2. The maximum absolute atomic E-state index is 13.8. The van der Waals surface area contributed by atoms with Crippen molar-refractivity contribution in [2.45, 2.75) is 25.8 Å². The molecular formula is C17H17ClFNO. The molecule has 0 bridgehead atoms. The molecule has 21 heavy (non-hydrogen) atoms. The lowest BCUT2D eigenvalue weighted by molar-refractivity contribution is 0.467. The molecule has 0 aliphatic heterocycles. The molecule has 110 valence electrons. The Morgan fingerprint density at radius 2 is 1.95 bits per heavy atom. The zero-order valence-corrected chi connectivity index (χ0v) is 12.6. The summed E-state index contributed by atoms with van der Waals surface area (Å²) in [5.41, 5.74) is 2.81. The van der Waals surface area contributed by atoms with E-state index in [9.17, 15) is 4.39 Å². The van der Waals surface area contributed by atoms with E-state index in [0.29, 0.717) is 11.6 Å². The minimum absolute atomic E-state index is 0.128. The average Bonchev–Trinajstić information content (AvgIpc) is 2.95. The van der Waals surface area contributed by atoms with Gasteiger partial charge in [-0.3, -0.25) is 0 Å². The first-order chi connectivity index (χ1) is 10.2. The second-order valence-electron chi connectivity index (χ2n) is 5.24. The third kappa shape index (κ3) is 2.89. The van der Waals surface area contributed by atoms with Crippen LogP contribution in [0.15, 0.2) is 30.3 Å². The van der Waals surface area contributed by atoms with Crippen molar-refractivity contribution >= 4 is 11.6 Å². The summed E-state index contributed by atoms with van der Waals surface area (Å²) < 4.78 is 19.8. The van der Waals surface area contributed by atoms with Crippen LogP contribution >= 0.6 is 11.6 Å². The van der Waals surface area contributed by atoms with Gasteiger partial charge in [0.1, 0.15) is 17.3 Å². The van der Waals surface area contributed by atoms with E-state index in [-0.39, 0.29) is 5.82 Å². The summed E-state index contributed by atoms with van der Waals surface area (Å²) in [6.07, 6.45) is 2.63. The summed E-state index contributed by atoms with van der Waals surface area (Å²) in [5.74, 6) is 1.33. The van der Waals surface area contributed by atoms with E-state index in [4.69, 9.17) is 16.3 Å². The normalized spacial score (nSPS) is 13.3. The highest BCUT2D eigenvalue weighted by Gasteiger charge is 2.20. The van der Waals surface area contributed by atoms with Crippen molar-refractivity contribution < 1.29 is 9.13 Å². The number of halogens is 2. The lowest BCUT2D eigenvalue weighted by Crippen LogP contribution is -2.06. The predicted octanol–water partition coefficient (Wildman–Crippen LogP) is 4.48. The van der Waals surface area contributed by atoms with Crippen molar-refractivity contribution in [2.24, 2.45) is 0 Å². The summed E-state index contributed by atoms with van der Waals surface area (Å²) in [5, 5.41) is 3.74. The van der Waals surface area contributed by atoms with Crippen LogP contribution < -0.4 is 10.1 Å². The van der Waals surface area contributed by atoms with E-state index in [1.165, 1.54) is 6.07 Å². The summed E-state index contributed by atoms with van der Waals surface area (Å²) in [4.78, 5) is 0. The summed E-state index contributed by atoms with van der Waals surface area (Å²) in [7, 11) is 1.88. The number of hydrogen-bond donors (Lipinski definition) is 1. The molecule has 0 saturated carbocycles. The van der Waals surface area contributed by atoms with Gasteiger partial charge < -0.3 is 10.1 Å². The van der Waals surface area contributed by atoms with Gasteiger partial charge in [0.2, 0.25) is 0 Å². The number of hydrogen-bond acceptors (Lipinski definition) is 2. The highest BCUT2D eigenvalue weighted by atomic mass is 35.5. The van der Waals surface area contributed by atoms with Gasteiger partial charge in [-0.25, -0.2) is 4.39 Å². The van der Waals surface area contributed by atoms with Crippen molar-refractivity contribution in [1.29, 1.82) is 0 Å². The summed E-state index contributed by atoms with van der Waals surface area (Å²) >= 11 is 6.07. The third-order valence-corrected chi connectivity index (χ3v) is 4.04. The fourth-order valence-electron chi connectivity index (χ4n) is 2.80. The van der Waals surface area contributed by atoms with Gasteiger partial charge in [0.05, 0.1) is 0 Å². The van der Waals surface area contributed by atoms with Crippen molar-refractivity contribution in [3.05, 3.63) is 57.9 Å². The molecular weight excluding hydrogens is 289 g/mol. The molecule has 2 nitrogen and oxygen atoms in total. The highest BCUT2D eigenvalue weighted by molar-refractivity contribution is 6.30. The van der Waals surface area contributed by atoms with E-state index in [1.54, 1.807) is 12.1 Å². The lowest BCUT2D eigenvalue weighted by Gasteiger charge is -2.14. The molecule has 0 unspecified atom stereocenters. The Hall–Kier alpha value is -1.58. The molecule has 0 atom stereocenters. The topological polar surface area (TPSA) is 21.3 Å². The van der Waals surface area contributed by atoms with Crippen LogP contribution in [0.5, 0.6) is 11.5 Å². The molecule has 4 heteroatoms. The first kappa shape index (κ1) is 14.4. The van der Waals surface area contributed by atoms with E-state index in [1.807, 2.05) is 19.2 Å². The van der Waals surface area contributed by atoms with Crippen LogP contribution in [0.1, 0.15) is 23.1 Å². The van der Waals surface area contributed by atoms with Crippen molar-refractivity contribution in [2.75, 3.05) is 7.05 Å². The number of rotatable bonds is 4. The Morgan fingerprint density at radius 1 is 1.14 bits per heavy atom. The molecule has 0 spiro atoms. The summed E-state index contributed by atoms with van der Waals surface area (Å²) in [6, 6.07) is 8.79. The Morgan fingerprint density at radius 3 is 2.76 bits per heavy atom. The minimum Gasteiger partial charge on any atom is -0.457 e. The predicted molar refractivity (Wildman–Crippen MR) is 82.7 cm³/mol. The molecule has 1 aliphatic carbocycles. The van der Waals surface area contributed by atoms with Gasteiger partial charge in [0, 0.05) is 22.7 Å². The number of benzene rings is 2. The third-order valence-electron chi connectivity index (χ3n) is 3.80. The van der Waals surface area contributed by atoms with Crippen LogP contribution in [-0.2, 0) is 19.4 Å². The van der Waals surface area contributed by atoms with Crippen molar-refractivity contribution in [1.82, 2.24) is 5.32 Å². The maximum Gasteiger partial charge on any atom is 0.133 e. The van der Waals surface area contributed by atoms with Crippen molar-refractivity contribution in [3.63, 3.8) is 0 Å². The van der Waals surface area contributed by atoms with Crippen LogP contribution in [0, 0.1) is 5.82 Å². The fourth-order valence-corrected chi connectivity index (χ4v) is 2.97. The average molecular weight is 306 g/mol. The van der Waals surface area contributed by atoms with Gasteiger partial charge in [-0.15, -0.1) is 0 Å². The van der Waals surface area contributed by atoms with Gasteiger partial charge >= 0.3 is 0 Å². The number of ether oxygens (including phenoxy) is 1. The molecule has 0 saturated heterocycles. The second-order valence-corrected chi connectivity index (χ2v) is 5.68. The quantitative estimate of drug-likeness (QED) is 0.899. The van der Waals surface area contributed by atoms with Gasteiger partial charge in [0.25, 0.3) is 0 Å². The van der Waals surface area contributed by atoms with Gasteiger partial charge in [-0.1, -0.05) is 17.7 Å². The molecule has 1 aliphatic rings. The molecule has 2 aromatic rings. The van der Waals surface area contributed by atoms with Crippen LogP contribution in [-0.4, -0.2) is 7.05 Å². The maximum atomic E-state index is 13.8. The highest BCUT2D eigenvalue weighted by Crippen LogP contribution is 2.36. The first-order valence-electron chi connectivity index (χ1n) is 7.10. The Bertz CT molecular complexity index is 672.